The van der Waals surface area contributed by atoms with Crippen molar-refractivity contribution >= 4 is 6.21 Å². The van der Waals surface area contributed by atoms with Gasteiger partial charge in [0.15, 0.2) is 0 Å². The zero-order valence-corrected chi connectivity index (χ0v) is 6.62. The van der Waals surface area contributed by atoms with Gasteiger partial charge >= 0.3 is 0 Å². The Hall–Kier alpha value is -1.05. The fraction of sp³-hybridized carbons (Fsp3) is 0.444. The van der Waals surface area contributed by atoms with Gasteiger partial charge in [-0.1, -0.05) is 19.1 Å². The standard InChI is InChI=1S/C9H12N2/c1-2-8-6-7-4-3-5-10-9(7)11-8/h3-7,9,11H,2H2,1H3. The molecule has 0 aromatic heterocycles. The second kappa shape index (κ2) is 2.53. The molecule has 2 aliphatic rings. The van der Waals surface area contributed by atoms with Crippen LogP contribution >= 0.6 is 0 Å². The van der Waals surface area contributed by atoms with Gasteiger partial charge in [-0.15, -0.1) is 0 Å². The molecule has 0 amide bonds. The summed E-state index contributed by atoms with van der Waals surface area (Å²) < 4.78 is 0. The van der Waals surface area contributed by atoms with Gasteiger partial charge in [-0.25, -0.2) is 0 Å². The van der Waals surface area contributed by atoms with E-state index in [0.29, 0.717) is 5.92 Å². The van der Waals surface area contributed by atoms with E-state index < -0.39 is 0 Å². The summed E-state index contributed by atoms with van der Waals surface area (Å²) in [4.78, 5) is 4.31. The molecule has 2 heteroatoms. The van der Waals surface area contributed by atoms with Gasteiger partial charge in [0.1, 0.15) is 6.17 Å². The van der Waals surface area contributed by atoms with Crippen LogP contribution in [0.2, 0.25) is 0 Å². The maximum absolute atomic E-state index is 4.31. The SMILES string of the molecule is CCC1=CC2C=CC=NC2N1. The average Bonchev–Trinajstić information content (AvgIpc) is 2.46. The maximum Gasteiger partial charge on any atom is 0.128 e. The van der Waals surface area contributed by atoms with E-state index in [1.165, 1.54) is 5.70 Å². The van der Waals surface area contributed by atoms with Crippen LogP contribution < -0.4 is 5.32 Å². The fourth-order valence-electron chi connectivity index (χ4n) is 1.50. The van der Waals surface area contributed by atoms with Crippen molar-refractivity contribution in [2.75, 3.05) is 0 Å². The Morgan fingerprint density at radius 3 is 3.27 bits per heavy atom. The molecular formula is C9H12N2. The first-order valence-electron chi connectivity index (χ1n) is 4.07. The minimum absolute atomic E-state index is 0.287. The Morgan fingerprint density at radius 2 is 2.55 bits per heavy atom. The molecule has 2 atom stereocenters. The first kappa shape index (κ1) is 6.65. The average molecular weight is 148 g/mol. The summed E-state index contributed by atoms with van der Waals surface area (Å²) >= 11 is 0. The highest BCUT2D eigenvalue weighted by atomic mass is 15.1. The highest BCUT2D eigenvalue weighted by Crippen LogP contribution is 2.22. The maximum atomic E-state index is 4.31. The lowest BCUT2D eigenvalue weighted by molar-refractivity contribution is 0.558. The molecular weight excluding hydrogens is 136 g/mol. The zero-order chi connectivity index (χ0) is 7.68. The van der Waals surface area contributed by atoms with Crippen LogP contribution in [-0.4, -0.2) is 12.4 Å². The normalized spacial score (nSPS) is 33.0. The molecule has 0 aliphatic carbocycles. The third kappa shape index (κ3) is 1.09. The van der Waals surface area contributed by atoms with Crippen LogP contribution in [0, 0.1) is 5.92 Å². The van der Waals surface area contributed by atoms with Gasteiger partial charge < -0.3 is 5.32 Å². The number of hydrogen-bond acceptors (Lipinski definition) is 2. The van der Waals surface area contributed by atoms with Crippen molar-refractivity contribution in [1.29, 1.82) is 0 Å². The molecule has 0 aromatic carbocycles. The number of dihydropyridines is 1. The molecule has 2 heterocycles. The summed E-state index contributed by atoms with van der Waals surface area (Å²) in [6.07, 6.45) is 9.69. The summed E-state index contributed by atoms with van der Waals surface area (Å²) in [6.45, 7) is 2.16. The number of rotatable bonds is 1. The molecule has 11 heavy (non-hydrogen) atoms. The van der Waals surface area contributed by atoms with E-state index in [1.54, 1.807) is 0 Å². The molecule has 0 spiro atoms. The van der Waals surface area contributed by atoms with E-state index in [2.05, 4.69) is 29.4 Å². The predicted molar refractivity (Wildman–Crippen MR) is 46.4 cm³/mol. The molecule has 2 rings (SSSR count). The summed E-state index contributed by atoms with van der Waals surface area (Å²) in [5, 5.41) is 3.35. The van der Waals surface area contributed by atoms with Gasteiger partial charge in [-0.05, 0) is 12.5 Å². The van der Waals surface area contributed by atoms with Crippen molar-refractivity contribution in [2.45, 2.75) is 19.5 Å². The van der Waals surface area contributed by atoms with Crippen LogP contribution in [0.5, 0.6) is 0 Å². The lowest BCUT2D eigenvalue weighted by Gasteiger charge is -2.14. The topological polar surface area (TPSA) is 24.4 Å². The third-order valence-electron chi connectivity index (χ3n) is 2.14. The van der Waals surface area contributed by atoms with Crippen LogP contribution in [0.25, 0.3) is 0 Å². The van der Waals surface area contributed by atoms with Crippen molar-refractivity contribution in [3.05, 3.63) is 23.9 Å². The van der Waals surface area contributed by atoms with Crippen molar-refractivity contribution in [3.8, 4) is 0 Å². The van der Waals surface area contributed by atoms with Gasteiger partial charge in [-0.3, -0.25) is 4.99 Å². The highest BCUT2D eigenvalue weighted by Gasteiger charge is 2.23. The van der Waals surface area contributed by atoms with E-state index in [0.717, 1.165) is 6.42 Å². The Balaban J connectivity index is 2.16. The van der Waals surface area contributed by atoms with Gasteiger partial charge in [0.25, 0.3) is 0 Å². The van der Waals surface area contributed by atoms with Crippen molar-refractivity contribution < 1.29 is 0 Å². The molecule has 2 nitrogen and oxygen atoms in total. The third-order valence-corrected chi connectivity index (χ3v) is 2.14. The van der Waals surface area contributed by atoms with E-state index in [-0.39, 0.29) is 6.17 Å². The van der Waals surface area contributed by atoms with E-state index in [4.69, 9.17) is 0 Å². The van der Waals surface area contributed by atoms with Crippen LogP contribution in [-0.2, 0) is 0 Å². The van der Waals surface area contributed by atoms with E-state index in [9.17, 15) is 0 Å². The predicted octanol–water partition coefficient (Wildman–Crippen LogP) is 1.47. The number of hydrogen-bond donors (Lipinski definition) is 1. The van der Waals surface area contributed by atoms with Gasteiger partial charge in [-0.2, -0.15) is 0 Å². The highest BCUT2D eigenvalue weighted by molar-refractivity contribution is 5.72. The van der Waals surface area contributed by atoms with E-state index >= 15 is 0 Å². The molecule has 2 unspecified atom stereocenters. The molecule has 0 fully saturated rings. The molecule has 0 saturated carbocycles. The van der Waals surface area contributed by atoms with Crippen molar-refractivity contribution in [1.82, 2.24) is 5.32 Å². The van der Waals surface area contributed by atoms with Crippen LogP contribution in [0.15, 0.2) is 28.9 Å². The molecule has 0 saturated heterocycles. The zero-order valence-electron chi connectivity index (χ0n) is 6.62. The van der Waals surface area contributed by atoms with Gasteiger partial charge in [0.2, 0.25) is 0 Å². The Kier molecular flexibility index (Phi) is 1.53. The fourth-order valence-corrected chi connectivity index (χ4v) is 1.50. The number of aliphatic imine (C=N–C) groups is 1. The van der Waals surface area contributed by atoms with Gasteiger partial charge in [0, 0.05) is 17.8 Å². The molecule has 0 radical (unpaired) electrons. The molecule has 2 aliphatic heterocycles. The van der Waals surface area contributed by atoms with Crippen molar-refractivity contribution in [2.24, 2.45) is 10.9 Å². The Morgan fingerprint density at radius 1 is 1.64 bits per heavy atom. The summed E-state index contributed by atoms with van der Waals surface area (Å²) in [5.41, 5.74) is 1.32. The van der Waals surface area contributed by atoms with Gasteiger partial charge in [0.05, 0.1) is 0 Å². The van der Waals surface area contributed by atoms with Crippen LogP contribution in [0.1, 0.15) is 13.3 Å². The monoisotopic (exact) mass is 148 g/mol. The lowest BCUT2D eigenvalue weighted by Crippen LogP contribution is -2.26. The molecule has 0 bridgehead atoms. The first-order valence-corrected chi connectivity index (χ1v) is 4.07. The first-order chi connectivity index (χ1) is 5.40. The summed E-state index contributed by atoms with van der Waals surface area (Å²) in [6, 6.07) is 0. The Bertz CT molecular complexity index is 238. The van der Waals surface area contributed by atoms with Crippen LogP contribution in [0.3, 0.4) is 0 Å². The number of nitrogens with one attached hydrogen (secondary N) is 1. The number of nitrogens with zero attached hydrogens (tertiary/aromatic N) is 1. The molecule has 1 N–H and O–H groups in total. The number of allylic oxidation sites excluding steroid dienone is 2. The largest absolute Gasteiger partial charge is 0.367 e. The molecule has 58 valence electrons. The lowest BCUT2D eigenvalue weighted by atomic mass is 10.1. The minimum Gasteiger partial charge on any atom is -0.367 e. The Labute approximate surface area is 66.7 Å². The smallest absolute Gasteiger partial charge is 0.128 e. The summed E-state index contributed by atoms with van der Waals surface area (Å²) in [7, 11) is 0. The number of fused-ring (bicyclic) bond motifs is 1. The second-order valence-corrected chi connectivity index (χ2v) is 2.90. The summed E-state index contributed by atoms with van der Waals surface area (Å²) in [5.74, 6) is 0.495. The molecule has 0 aromatic rings. The van der Waals surface area contributed by atoms with Crippen molar-refractivity contribution in [3.63, 3.8) is 0 Å². The minimum atomic E-state index is 0.287. The quantitative estimate of drug-likeness (QED) is 0.598. The van der Waals surface area contributed by atoms with E-state index in [1.807, 2.05) is 12.3 Å². The van der Waals surface area contributed by atoms with Crippen LogP contribution in [0.4, 0.5) is 0 Å². The second-order valence-electron chi connectivity index (χ2n) is 2.90.